The number of aliphatic imine (C=N–C) groups is 2. The summed E-state index contributed by atoms with van der Waals surface area (Å²) in [6.45, 7) is 8.82. The molecule has 4 rings (SSSR count). The summed E-state index contributed by atoms with van der Waals surface area (Å²) in [7, 11) is 0. The Labute approximate surface area is 223 Å². The zero-order valence-corrected chi connectivity index (χ0v) is 22.6. The van der Waals surface area contributed by atoms with Gasteiger partial charge in [-0.25, -0.2) is 9.98 Å². The van der Waals surface area contributed by atoms with Gasteiger partial charge in [-0.1, -0.05) is 18.0 Å². The van der Waals surface area contributed by atoms with E-state index in [4.69, 9.17) is 15.4 Å². The van der Waals surface area contributed by atoms with E-state index in [1.165, 1.54) is 32.9 Å². The predicted molar refractivity (Wildman–Crippen MR) is 149 cm³/mol. The van der Waals surface area contributed by atoms with Gasteiger partial charge in [0.1, 0.15) is 22.8 Å². The second-order valence-electron chi connectivity index (χ2n) is 10.9. The molecule has 206 valence electrons. The van der Waals surface area contributed by atoms with Crippen molar-refractivity contribution in [2.45, 2.75) is 57.6 Å². The molecule has 3 aliphatic heterocycles. The molecule has 38 heavy (non-hydrogen) atoms. The van der Waals surface area contributed by atoms with Crippen molar-refractivity contribution in [2.75, 3.05) is 56.0 Å². The lowest BCUT2D eigenvalue weighted by Crippen LogP contribution is -2.54. The van der Waals surface area contributed by atoms with E-state index in [-0.39, 0.29) is 12.5 Å². The number of guanidine groups is 1. The van der Waals surface area contributed by atoms with Crippen LogP contribution >= 0.6 is 0 Å². The lowest BCUT2D eigenvalue weighted by atomic mass is 9.85. The van der Waals surface area contributed by atoms with Gasteiger partial charge in [-0.2, -0.15) is 9.90 Å². The highest BCUT2D eigenvalue weighted by atomic mass is 16.3. The number of aromatic nitrogens is 1. The van der Waals surface area contributed by atoms with Crippen molar-refractivity contribution in [3.05, 3.63) is 23.2 Å². The fourth-order valence-electron chi connectivity index (χ4n) is 5.11. The van der Waals surface area contributed by atoms with Gasteiger partial charge in [0.25, 0.3) is 5.91 Å². The summed E-state index contributed by atoms with van der Waals surface area (Å²) >= 11 is 0. The number of hydrogen-bond acceptors (Lipinski definition) is 11. The first-order valence-corrected chi connectivity index (χ1v) is 13.4. The molecule has 1 aromatic heterocycles. The summed E-state index contributed by atoms with van der Waals surface area (Å²) in [6.07, 6.45) is 7.51. The molecule has 0 aromatic carbocycles. The van der Waals surface area contributed by atoms with E-state index in [2.05, 4.69) is 25.3 Å². The number of pyridine rings is 1. The first-order valence-electron chi connectivity index (χ1n) is 13.4. The topological polar surface area (TPSA) is 150 Å². The van der Waals surface area contributed by atoms with Crippen LogP contribution in [-0.2, 0) is 4.79 Å². The molecular weight excluding hydrogens is 486 g/mol. The zero-order valence-electron chi connectivity index (χ0n) is 22.6. The number of hydrogen-bond donors (Lipinski definition) is 3. The summed E-state index contributed by atoms with van der Waals surface area (Å²) in [5, 5.41) is 24.6. The van der Waals surface area contributed by atoms with E-state index < -0.39 is 17.1 Å². The number of amidine groups is 1. The molecule has 2 unspecified atom stereocenters. The highest BCUT2D eigenvalue weighted by Crippen LogP contribution is 2.29. The number of rotatable bonds is 6. The Hall–Kier alpha value is -3.41. The van der Waals surface area contributed by atoms with E-state index in [1.54, 1.807) is 11.1 Å². The van der Waals surface area contributed by atoms with Crippen molar-refractivity contribution in [3.8, 4) is 0 Å². The van der Waals surface area contributed by atoms with Crippen LogP contribution < -0.4 is 10.2 Å². The summed E-state index contributed by atoms with van der Waals surface area (Å²) in [6, 6.07) is 3.81. The molecular formula is C26H39N9O3. The van der Waals surface area contributed by atoms with Crippen molar-refractivity contribution in [3.63, 3.8) is 0 Å². The Morgan fingerprint density at radius 3 is 2.39 bits per heavy atom. The third-order valence-corrected chi connectivity index (χ3v) is 7.47. The fraction of sp³-hybridized carbons (Fsp3) is 0.654. The molecule has 0 radical (unpaired) electrons. The molecule has 4 heterocycles. The SMILES string of the molecule is CC(C)(O)C(=O)N1CCN(c2ccc(NC3=NC(N4CCCCCC4)=NC(C)(C=N)C3CN=O)cn2)CC1. The average Bonchev–Trinajstić information content (AvgIpc) is 3.20. The second kappa shape index (κ2) is 11.5. The van der Waals surface area contributed by atoms with Crippen molar-refractivity contribution >= 4 is 35.4 Å². The van der Waals surface area contributed by atoms with Gasteiger partial charge >= 0.3 is 0 Å². The molecule has 12 heteroatoms. The van der Waals surface area contributed by atoms with Crippen molar-refractivity contribution < 1.29 is 9.90 Å². The Morgan fingerprint density at radius 2 is 1.84 bits per heavy atom. The van der Waals surface area contributed by atoms with E-state index in [9.17, 15) is 14.8 Å². The molecule has 2 saturated heterocycles. The maximum absolute atomic E-state index is 12.3. The molecule has 1 aromatic rings. The van der Waals surface area contributed by atoms with Gasteiger partial charge in [-0.15, -0.1) is 0 Å². The quantitative estimate of drug-likeness (QED) is 0.381. The second-order valence-corrected chi connectivity index (χ2v) is 10.9. The highest BCUT2D eigenvalue weighted by molar-refractivity contribution is 6.09. The molecule has 3 aliphatic rings. The minimum atomic E-state index is -1.38. The van der Waals surface area contributed by atoms with Crippen LogP contribution in [0, 0.1) is 16.2 Å². The molecule has 0 spiro atoms. The number of likely N-dealkylation sites (tertiary alicyclic amines) is 1. The molecule has 2 fully saturated rings. The van der Waals surface area contributed by atoms with Crippen molar-refractivity contribution in [1.29, 1.82) is 5.41 Å². The number of nitrogens with zero attached hydrogens (tertiary/aromatic N) is 7. The van der Waals surface area contributed by atoms with Gasteiger partial charge in [0.05, 0.1) is 24.3 Å². The molecule has 3 N–H and O–H groups in total. The average molecular weight is 526 g/mol. The number of carbonyl (C=O) groups excluding carboxylic acids is 1. The van der Waals surface area contributed by atoms with Crippen LogP contribution in [0.15, 0.2) is 33.5 Å². The van der Waals surface area contributed by atoms with Gasteiger partial charge in [0.2, 0.25) is 5.96 Å². The summed E-state index contributed by atoms with van der Waals surface area (Å²) in [5.74, 6) is 1.18. The Bertz CT molecular complexity index is 1070. The number of nitrogens with one attached hydrogen (secondary N) is 2. The molecule has 12 nitrogen and oxygen atoms in total. The first-order chi connectivity index (χ1) is 18.1. The number of piperazine rings is 1. The number of amides is 1. The normalized spacial score (nSPS) is 24.7. The minimum absolute atomic E-state index is 0.0480. The molecule has 0 bridgehead atoms. The number of nitroso groups, excluding NO2 is 1. The van der Waals surface area contributed by atoms with Gasteiger partial charge in [0, 0.05) is 45.5 Å². The lowest BCUT2D eigenvalue weighted by Gasteiger charge is -2.38. The van der Waals surface area contributed by atoms with Gasteiger partial charge in [-0.3, -0.25) is 4.79 Å². The maximum Gasteiger partial charge on any atom is 0.254 e. The van der Waals surface area contributed by atoms with Crippen LogP contribution in [0.3, 0.4) is 0 Å². The predicted octanol–water partition coefficient (Wildman–Crippen LogP) is 2.35. The fourth-order valence-corrected chi connectivity index (χ4v) is 5.11. The van der Waals surface area contributed by atoms with E-state index in [0.717, 1.165) is 31.7 Å². The van der Waals surface area contributed by atoms with Crippen molar-refractivity contribution in [1.82, 2.24) is 14.8 Å². The third-order valence-electron chi connectivity index (χ3n) is 7.47. The Balaban J connectivity index is 1.49. The van der Waals surface area contributed by atoms with Crippen LogP contribution in [0.4, 0.5) is 11.5 Å². The van der Waals surface area contributed by atoms with E-state index in [0.29, 0.717) is 43.7 Å². The van der Waals surface area contributed by atoms with Crippen LogP contribution in [0.25, 0.3) is 0 Å². The number of aliphatic hydroxyl groups is 1. The Kier molecular flexibility index (Phi) is 8.39. The molecule has 2 atom stereocenters. The van der Waals surface area contributed by atoms with E-state index in [1.807, 2.05) is 19.1 Å². The largest absolute Gasteiger partial charge is 0.381 e. The zero-order chi connectivity index (χ0) is 27.3. The van der Waals surface area contributed by atoms with Gasteiger partial charge in [-0.05, 0) is 45.7 Å². The lowest BCUT2D eigenvalue weighted by molar-refractivity contribution is -0.148. The van der Waals surface area contributed by atoms with Gasteiger partial charge in [0.15, 0.2) is 0 Å². The minimum Gasteiger partial charge on any atom is -0.381 e. The number of carbonyl (C=O) groups is 1. The van der Waals surface area contributed by atoms with Crippen LogP contribution in [-0.4, -0.2) is 101 Å². The van der Waals surface area contributed by atoms with E-state index >= 15 is 0 Å². The molecule has 0 aliphatic carbocycles. The highest BCUT2D eigenvalue weighted by Gasteiger charge is 2.41. The smallest absolute Gasteiger partial charge is 0.254 e. The van der Waals surface area contributed by atoms with Crippen molar-refractivity contribution in [2.24, 2.45) is 21.1 Å². The molecule has 0 saturated carbocycles. The Morgan fingerprint density at radius 1 is 1.16 bits per heavy atom. The summed E-state index contributed by atoms with van der Waals surface area (Å²) in [4.78, 5) is 43.9. The third kappa shape index (κ3) is 6.17. The van der Waals surface area contributed by atoms with Crippen LogP contribution in [0.5, 0.6) is 0 Å². The van der Waals surface area contributed by atoms with Crippen LogP contribution in [0.1, 0.15) is 46.5 Å². The summed E-state index contributed by atoms with van der Waals surface area (Å²) < 4.78 is 0. The van der Waals surface area contributed by atoms with Gasteiger partial charge < -0.3 is 30.5 Å². The maximum atomic E-state index is 12.3. The monoisotopic (exact) mass is 525 g/mol. The number of anilines is 2. The van der Waals surface area contributed by atoms with Crippen LogP contribution in [0.2, 0.25) is 0 Å². The standard InChI is InChI=1S/C26H39N9O3/c1-25(2,37)23(36)34-14-12-33(13-15-34)21-9-8-19(16-28-21)30-22-20(17-29-38)26(3,18-27)32-24(31-22)35-10-6-4-5-7-11-35/h8-9,16,18,20,27,37H,4-7,10-15,17H2,1-3H3,(H,30,31,32). The first kappa shape index (κ1) is 27.6. The summed E-state index contributed by atoms with van der Waals surface area (Å²) in [5.41, 5.74) is -1.60. The molecule has 1 amide bonds.